The Morgan fingerprint density at radius 3 is 2.94 bits per heavy atom. The van der Waals surface area contributed by atoms with Gasteiger partial charge in [0.05, 0.1) is 6.61 Å². The zero-order valence-corrected chi connectivity index (χ0v) is 11.6. The molecule has 1 fully saturated rings. The second kappa shape index (κ2) is 6.14. The highest BCUT2D eigenvalue weighted by Crippen LogP contribution is 2.16. The number of nitrogens with zero attached hydrogens (tertiary/aromatic N) is 2. The number of rotatable bonds is 4. The summed E-state index contributed by atoms with van der Waals surface area (Å²) >= 11 is 0. The van der Waals surface area contributed by atoms with Crippen molar-refractivity contribution >= 4 is 5.82 Å². The van der Waals surface area contributed by atoms with E-state index in [0.29, 0.717) is 11.8 Å². The molecule has 1 atom stereocenters. The maximum Gasteiger partial charge on any atom is 0.133 e. The lowest BCUT2D eigenvalue weighted by molar-refractivity contribution is 0.0595. The molecule has 1 aromatic rings. The van der Waals surface area contributed by atoms with E-state index in [1.807, 2.05) is 13.0 Å². The van der Waals surface area contributed by atoms with E-state index >= 15 is 0 Å². The normalized spacial score (nSPS) is 20.1. The summed E-state index contributed by atoms with van der Waals surface area (Å²) in [6, 6.07) is 2.01. The third-order valence-corrected chi connectivity index (χ3v) is 3.21. The van der Waals surface area contributed by atoms with Gasteiger partial charge >= 0.3 is 0 Å². The monoisotopic (exact) mass is 249 g/mol. The van der Waals surface area contributed by atoms with Crippen molar-refractivity contribution in [3.63, 3.8) is 0 Å². The van der Waals surface area contributed by atoms with E-state index in [9.17, 15) is 0 Å². The molecule has 4 nitrogen and oxygen atoms in total. The second-order valence-electron chi connectivity index (χ2n) is 5.37. The molecule has 0 bridgehead atoms. The van der Waals surface area contributed by atoms with Crippen LogP contribution in [0.15, 0.2) is 6.07 Å². The maximum atomic E-state index is 5.48. The predicted molar refractivity (Wildman–Crippen MR) is 72.9 cm³/mol. The topological polar surface area (TPSA) is 47.0 Å². The number of nitrogens with one attached hydrogen (secondary N) is 1. The second-order valence-corrected chi connectivity index (χ2v) is 5.37. The van der Waals surface area contributed by atoms with Crippen LogP contribution in [-0.4, -0.2) is 29.7 Å². The average molecular weight is 249 g/mol. The van der Waals surface area contributed by atoms with Gasteiger partial charge in [-0.05, 0) is 25.7 Å². The van der Waals surface area contributed by atoms with Crippen molar-refractivity contribution in [3.05, 3.63) is 17.6 Å². The van der Waals surface area contributed by atoms with Crippen LogP contribution in [0, 0.1) is 12.8 Å². The molecule has 1 N–H and O–H groups in total. The Labute approximate surface area is 109 Å². The van der Waals surface area contributed by atoms with Crippen LogP contribution < -0.4 is 5.32 Å². The first-order valence-corrected chi connectivity index (χ1v) is 6.82. The zero-order valence-electron chi connectivity index (χ0n) is 11.6. The van der Waals surface area contributed by atoms with Gasteiger partial charge < -0.3 is 10.1 Å². The molecule has 0 spiro atoms. The molecule has 2 heterocycles. The maximum absolute atomic E-state index is 5.48. The van der Waals surface area contributed by atoms with E-state index in [1.165, 1.54) is 12.8 Å². The van der Waals surface area contributed by atoms with Crippen LogP contribution >= 0.6 is 0 Å². The molecule has 1 unspecified atom stereocenters. The predicted octanol–water partition coefficient (Wildman–Crippen LogP) is 2.75. The Morgan fingerprint density at radius 1 is 1.44 bits per heavy atom. The summed E-state index contributed by atoms with van der Waals surface area (Å²) < 4.78 is 5.48. The number of hydrogen-bond acceptors (Lipinski definition) is 4. The Balaban J connectivity index is 1.95. The molecule has 1 saturated heterocycles. The SMILES string of the molecule is Cc1cc(NCC2CCCOC2)nc(C(C)C)n1. The Bertz CT molecular complexity index is 387. The molecule has 1 aliphatic heterocycles. The Morgan fingerprint density at radius 2 is 2.28 bits per heavy atom. The number of anilines is 1. The van der Waals surface area contributed by atoms with Gasteiger partial charge in [0.1, 0.15) is 11.6 Å². The minimum Gasteiger partial charge on any atom is -0.381 e. The van der Waals surface area contributed by atoms with Gasteiger partial charge in [0.25, 0.3) is 0 Å². The first-order chi connectivity index (χ1) is 8.65. The van der Waals surface area contributed by atoms with Gasteiger partial charge in [-0.2, -0.15) is 0 Å². The van der Waals surface area contributed by atoms with Crippen LogP contribution in [0.3, 0.4) is 0 Å². The summed E-state index contributed by atoms with van der Waals surface area (Å²) in [4.78, 5) is 9.01. The largest absolute Gasteiger partial charge is 0.381 e. The summed E-state index contributed by atoms with van der Waals surface area (Å²) in [6.45, 7) is 8.98. The number of ether oxygens (including phenoxy) is 1. The summed E-state index contributed by atoms with van der Waals surface area (Å²) in [7, 11) is 0. The van der Waals surface area contributed by atoms with E-state index in [-0.39, 0.29) is 0 Å². The summed E-state index contributed by atoms with van der Waals surface area (Å²) in [5.74, 6) is 2.83. The Kier molecular flexibility index (Phi) is 4.53. The quantitative estimate of drug-likeness (QED) is 0.891. The average Bonchev–Trinajstić information content (AvgIpc) is 2.37. The molecule has 100 valence electrons. The highest BCUT2D eigenvalue weighted by molar-refractivity contribution is 5.36. The van der Waals surface area contributed by atoms with Crippen molar-refractivity contribution in [1.82, 2.24) is 9.97 Å². The van der Waals surface area contributed by atoms with Gasteiger partial charge in [0.15, 0.2) is 0 Å². The molecular formula is C14H23N3O. The van der Waals surface area contributed by atoms with E-state index < -0.39 is 0 Å². The van der Waals surface area contributed by atoms with Crippen molar-refractivity contribution in [2.75, 3.05) is 25.1 Å². The van der Waals surface area contributed by atoms with Crippen LogP contribution in [0.4, 0.5) is 5.82 Å². The minimum atomic E-state index is 0.364. The van der Waals surface area contributed by atoms with E-state index in [2.05, 4.69) is 29.1 Å². The van der Waals surface area contributed by atoms with Gasteiger partial charge in [-0.1, -0.05) is 13.8 Å². The first-order valence-electron chi connectivity index (χ1n) is 6.82. The number of hydrogen-bond donors (Lipinski definition) is 1. The fourth-order valence-electron chi connectivity index (χ4n) is 2.16. The first kappa shape index (κ1) is 13.3. The van der Waals surface area contributed by atoms with Gasteiger partial charge in [-0.25, -0.2) is 9.97 Å². The van der Waals surface area contributed by atoms with Crippen molar-refractivity contribution < 1.29 is 4.74 Å². The van der Waals surface area contributed by atoms with Crippen molar-refractivity contribution in [1.29, 1.82) is 0 Å². The molecule has 0 saturated carbocycles. The van der Waals surface area contributed by atoms with E-state index in [1.54, 1.807) is 0 Å². The molecule has 0 amide bonds. The van der Waals surface area contributed by atoms with Gasteiger partial charge in [-0.15, -0.1) is 0 Å². The van der Waals surface area contributed by atoms with Crippen LogP contribution in [0.1, 0.15) is 44.1 Å². The number of aromatic nitrogens is 2. The minimum absolute atomic E-state index is 0.364. The molecule has 1 aliphatic rings. The molecular weight excluding hydrogens is 226 g/mol. The highest BCUT2D eigenvalue weighted by atomic mass is 16.5. The molecule has 0 aromatic carbocycles. The molecule has 18 heavy (non-hydrogen) atoms. The lowest BCUT2D eigenvalue weighted by atomic mass is 10.0. The third-order valence-electron chi connectivity index (χ3n) is 3.21. The van der Waals surface area contributed by atoms with Crippen molar-refractivity contribution in [3.8, 4) is 0 Å². The van der Waals surface area contributed by atoms with E-state index in [0.717, 1.165) is 37.1 Å². The molecule has 0 aliphatic carbocycles. The van der Waals surface area contributed by atoms with Crippen molar-refractivity contribution in [2.45, 2.75) is 39.5 Å². The van der Waals surface area contributed by atoms with Crippen LogP contribution in [0.5, 0.6) is 0 Å². The highest BCUT2D eigenvalue weighted by Gasteiger charge is 2.14. The van der Waals surface area contributed by atoms with Crippen LogP contribution in [0.2, 0.25) is 0 Å². The van der Waals surface area contributed by atoms with Gasteiger partial charge in [-0.3, -0.25) is 0 Å². The zero-order chi connectivity index (χ0) is 13.0. The molecule has 1 aromatic heterocycles. The van der Waals surface area contributed by atoms with Gasteiger partial charge in [0, 0.05) is 30.8 Å². The summed E-state index contributed by atoms with van der Waals surface area (Å²) in [6.07, 6.45) is 2.42. The lowest BCUT2D eigenvalue weighted by Crippen LogP contribution is -2.24. The fourth-order valence-corrected chi connectivity index (χ4v) is 2.16. The standard InChI is InChI=1S/C14H23N3O/c1-10(2)14-16-11(3)7-13(17-14)15-8-12-5-4-6-18-9-12/h7,10,12H,4-6,8-9H2,1-3H3,(H,15,16,17). The van der Waals surface area contributed by atoms with Crippen LogP contribution in [0.25, 0.3) is 0 Å². The fraction of sp³-hybridized carbons (Fsp3) is 0.714. The summed E-state index contributed by atoms with van der Waals surface area (Å²) in [5.41, 5.74) is 1.02. The smallest absolute Gasteiger partial charge is 0.133 e. The van der Waals surface area contributed by atoms with Crippen molar-refractivity contribution in [2.24, 2.45) is 5.92 Å². The molecule has 2 rings (SSSR count). The third kappa shape index (κ3) is 3.67. The number of aryl methyl sites for hydroxylation is 1. The lowest BCUT2D eigenvalue weighted by Gasteiger charge is -2.22. The van der Waals surface area contributed by atoms with Gasteiger partial charge in [0.2, 0.25) is 0 Å². The summed E-state index contributed by atoms with van der Waals surface area (Å²) in [5, 5.41) is 3.42. The van der Waals surface area contributed by atoms with Crippen LogP contribution in [-0.2, 0) is 4.74 Å². The molecule has 4 heteroatoms. The molecule has 0 radical (unpaired) electrons. The Hall–Kier alpha value is -1.16. The van der Waals surface area contributed by atoms with E-state index in [4.69, 9.17) is 4.74 Å².